The van der Waals surface area contributed by atoms with E-state index < -0.39 is 5.97 Å². The van der Waals surface area contributed by atoms with E-state index in [4.69, 9.17) is 5.11 Å². The Morgan fingerprint density at radius 2 is 1.20 bits per heavy atom. The molecule has 0 rings (SSSR count). The van der Waals surface area contributed by atoms with Crippen LogP contribution in [0.5, 0.6) is 0 Å². The Labute approximate surface area is 125 Å². The molecule has 0 aliphatic carbocycles. The van der Waals surface area contributed by atoms with E-state index in [9.17, 15) is 4.79 Å². The van der Waals surface area contributed by atoms with Gasteiger partial charge in [0, 0.05) is 6.42 Å². The van der Waals surface area contributed by atoms with Gasteiger partial charge in [0.25, 0.3) is 0 Å². The summed E-state index contributed by atoms with van der Waals surface area (Å²) in [7, 11) is 0. The van der Waals surface area contributed by atoms with Gasteiger partial charge in [-0.05, 0) is 51.4 Å². The molecule has 2 nitrogen and oxygen atoms in total. The van der Waals surface area contributed by atoms with Gasteiger partial charge < -0.3 is 5.11 Å². The van der Waals surface area contributed by atoms with Crippen LogP contribution in [-0.4, -0.2) is 11.1 Å². The summed E-state index contributed by atoms with van der Waals surface area (Å²) in [6.45, 7) is 2.24. The molecule has 0 saturated carbocycles. The smallest absolute Gasteiger partial charge is 0.303 e. The first-order valence-corrected chi connectivity index (χ1v) is 8.29. The summed E-state index contributed by atoms with van der Waals surface area (Å²) in [4.78, 5) is 10.3. The van der Waals surface area contributed by atoms with Crippen LogP contribution in [0.3, 0.4) is 0 Å². The van der Waals surface area contributed by atoms with E-state index in [2.05, 4.69) is 31.2 Å². The molecule has 0 heterocycles. The van der Waals surface area contributed by atoms with Crippen molar-refractivity contribution in [3.05, 3.63) is 24.3 Å². The highest BCUT2D eigenvalue weighted by Crippen LogP contribution is 2.07. The third kappa shape index (κ3) is 16.9. The molecule has 0 aliphatic heterocycles. The minimum absolute atomic E-state index is 0.287. The van der Waals surface area contributed by atoms with Gasteiger partial charge in [0.2, 0.25) is 0 Å². The minimum Gasteiger partial charge on any atom is -0.481 e. The van der Waals surface area contributed by atoms with Crippen LogP contribution in [0.1, 0.15) is 84.0 Å². The van der Waals surface area contributed by atoms with Gasteiger partial charge >= 0.3 is 5.97 Å². The Hall–Kier alpha value is -1.05. The monoisotopic (exact) mass is 280 g/mol. The molecule has 0 aromatic heterocycles. The van der Waals surface area contributed by atoms with Gasteiger partial charge in [-0.15, -0.1) is 0 Å². The second-order valence-electron chi connectivity index (χ2n) is 5.36. The molecule has 0 amide bonds. The fraction of sp³-hybridized carbons (Fsp3) is 0.722. The first-order chi connectivity index (χ1) is 9.77. The molecule has 1 N–H and O–H groups in total. The number of allylic oxidation sites excluding steroid dienone is 4. The molecule has 20 heavy (non-hydrogen) atoms. The summed E-state index contributed by atoms with van der Waals surface area (Å²) in [6.07, 6.45) is 22.3. The van der Waals surface area contributed by atoms with Crippen molar-refractivity contribution in [2.45, 2.75) is 84.0 Å². The maximum atomic E-state index is 10.3. The van der Waals surface area contributed by atoms with Crippen LogP contribution < -0.4 is 0 Å². The minimum atomic E-state index is -0.693. The lowest BCUT2D eigenvalue weighted by molar-refractivity contribution is -0.137. The van der Waals surface area contributed by atoms with Crippen molar-refractivity contribution < 1.29 is 9.90 Å². The highest BCUT2D eigenvalue weighted by Gasteiger charge is 1.93. The molecule has 0 unspecified atom stereocenters. The number of rotatable bonds is 14. The molecule has 0 aromatic rings. The topological polar surface area (TPSA) is 37.3 Å². The van der Waals surface area contributed by atoms with E-state index in [1.54, 1.807) is 0 Å². The maximum Gasteiger partial charge on any atom is 0.303 e. The van der Waals surface area contributed by atoms with Gasteiger partial charge in [-0.25, -0.2) is 0 Å². The van der Waals surface area contributed by atoms with Gasteiger partial charge in [-0.2, -0.15) is 0 Å². The summed E-state index contributed by atoms with van der Waals surface area (Å²) in [5.74, 6) is -0.693. The molecule has 0 saturated heterocycles. The third-order valence-electron chi connectivity index (χ3n) is 3.31. The van der Waals surface area contributed by atoms with E-state index in [1.807, 2.05) is 0 Å². The van der Waals surface area contributed by atoms with Gasteiger partial charge in [0.05, 0.1) is 0 Å². The van der Waals surface area contributed by atoms with Crippen LogP contribution in [0.15, 0.2) is 24.3 Å². The molecule has 2 heteroatoms. The number of unbranched alkanes of at least 4 members (excludes halogenated alkanes) is 8. The van der Waals surface area contributed by atoms with Crippen LogP contribution in [0.4, 0.5) is 0 Å². The Kier molecular flexibility index (Phi) is 15.2. The number of hydrogen-bond acceptors (Lipinski definition) is 1. The zero-order chi connectivity index (χ0) is 14.9. The molecule has 116 valence electrons. The number of aliphatic carboxylic acids is 1. The first-order valence-electron chi connectivity index (χ1n) is 8.29. The SMILES string of the molecule is CCCCC/C=C/CCCCC/C=C\CCCC(=O)O. The second kappa shape index (κ2) is 16.0. The van der Waals surface area contributed by atoms with Crippen molar-refractivity contribution in [1.29, 1.82) is 0 Å². The van der Waals surface area contributed by atoms with Crippen LogP contribution in [0, 0.1) is 0 Å². The zero-order valence-corrected chi connectivity index (χ0v) is 13.2. The standard InChI is InChI=1S/C18H32O2/c1-2-3-4-5-6-7-8-9-10-11-12-13-14-15-16-17-18(19)20/h6-7,13-14H,2-5,8-12,15-17H2,1H3,(H,19,20)/b7-6+,14-13-. The van der Waals surface area contributed by atoms with Crippen LogP contribution >= 0.6 is 0 Å². The fourth-order valence-electron chi connectivity index (χ4n) is 2.06. The summed E-state index contributed by atoms with van der Waals surface area (Å²) >= 11 is 0. The van der Waals surface area contributed by atoms with Crippen LogP contribution in [0.2, 0.25) is 0 Å². The van der Waals surface area contributed by atoms with Gasteiger partial charge in [-0.3, -0.25) is 4.79 Å². The van der Waals surface area contributed by atoms with Crippen molar-refractivity contribution in [3.8, 4) is 0 Å². The van der Waals surface area contributed by atoms with Crippen molar-refractivity contribution in [3.63, 3.8) is 0 Å². The Morgan fingerprint density at radius 1 is 0.750 bits per heavy atom. The first kappa shape index (κ1) is 18.9. The lowest BCUT2D eigenvalue weighted by Gasteiger charge is -1.96. The molecular weight excluding hydrogens is 248 g/mol. The van der Waals surface area contributed by atoms with Crippen molar-refractivity contribution in [1.82, 2.24) is 0 Å². The summed E-state index contributed by atoms with van der Waals surface area (Å²) in [6, 6.07) is 0. The molecule has 0 bridgehead atoms. The molecule has 0 aliphatic rings. The van der Waals surface area contributed by atoms with Crippen molar-refractivity contribution in [2.24, 2.45) is 0 Å². The van der Waals surface area contributed by atoms with Crippen molar-refractivity contribution in [2.75, 3.05) is 0 Å². The Balaban J connectivity index is 3.16. The number of carbonyl (C=O) groups is 1. The van der Waals surface area contributed by atoms with Gasteiger partial charge in [0.1, 0.15) is 0 Å². The molecule has 0 aromatic carbocycles. The molecule has 0 spiro atoms. The average molecular weight is 280 g/mol. The van der Waals surface area contributed by atoms with E-state index in [0.717, 1.165) is 19.3 Å². The summed E-state index contributed by atoms with van der Waals surface area (Å²) in [5.41, 5.74) is 0. The van der Waals surface area contributed by atoms with Gasteiger partial charge in [0.15, 0.2) is 0 Å². The molecule has 0 radical (unpaired) electrons. The lowest BCUT2D eigenvalue weighted by atomic mass is 10.1. The predicted molar refractivity (Wildman–Crippen MR) is 87.0 cm³/mol. The van der Waals surface area contributed by atoms with Crippen LogP contribution in [-0.2, 0) is 4.79 Å². The normalized spacial score (nSPS) is 11.7. The summed E-state index contributed by atoms with van der Waals surface area (Å²) in [5, 5.41) is 8.49. The Bertz CT molecular complexity index is 267. The highest BCUT2D eigenvalue weighted by atomic mass is 16.4. The molecular formula is C18H32O2. The van der Waals surface area contributed by atoms with E-state index in [1.165, 1.54) is 51.4 Å². The quantitative estimate of drug-likeness (QED) is 0.318. The Morgan fingerprint density at radius 3 is 1.65 bits per heavy atom. The van der Waals surface area contributed by atoms with Crippen molar-refractivity contribution >= 4 is 5.97 Å². The zero-order valence-electron chi connectivity index (χ0n) is 13.2. The number of carboxylic acids is 1. The maximum absolute atomic E-state index is 10.3. The van der Waals surface area contributed by atoms with E-state index in [0.29, 0.717) is 0 Å². The van der Waals surface area contributed by atoms with E-state index in [-0.39, 0.29) is 6.42 Å². The lowest BCUT2D eigenvalue weighted by Crippen LogP contribution is -1.92. The second-order valence-corrected chi connectivity index (χ2v) is 5.36. The summed E-state index contributed by atoms with van der Waals surface area (Å²) < 4.78 is 0. The van der Waals surface area contributed by atoms with E-state index >= 15 is 0 Å². The highest BCUT2D eigenvalue weighted by molar-refractivity contribution is 5.66. The average Bonchev–Trinajstić information content (AvgIpc) is 2.43. The van der Waals surface area contributed by atoms with Crippen LogP contribution in [0.25, 0.3) is 0 Å². The number of hydrogen-bond donors (Lipinski definition) is 1. The van der Waals surface area contributed by atoms with Gasteiger partial charge in [-0.1, -0.05) is 50.5 Å². The molecule has 0 fully saturated rings. The third-order valence-corrected chi connectivity index (χ3v) is 3.31. The molecule has 0 atom stereocenters. The predicted octanol–water partition coefficient (Wildman–Crippen LogP) is 5.88. The fourth-order valence-corrected chi connectivity index (χ4v) is 2.06. The number of carboxylic acid groups (broad SMARTS) is 1. The largest absolute Gasteiger partial charge is 0.481 e.